The van der Waals surface area contributed by atoms with Crippen LogP contribution in [0.1, 0.15) is 33.7 Å². The third kappa shape index (κ3) is 1.25. The zero-order chi connectivity index (χ0) is 17.9. The number of carbonyl (C=O) groups is 2. The lowest BCUT2D eigenvalue weighted by Gasteiger charge is -2.52. The second kappa shape index (κ2) is 4.20. The molecular weight excluding hydrogens is 336 g/mol. The van der Waals surface area contributed by atoms with Crippen molar-refractivity contribution in [2.75, 3.05) is 0 Å². The Kier molecular flexibility index (Phi) is 2.17. The van der Waals surface area contributed by atoms with E-state index in [0.29, 0.717) is 0 Å². The fourth-order valence-corrected chi connectivity index (χ4v) is 6.43. The molecule has 8 rings (SSSR count). The van der Waals surface area contributed by atoms with Crippen molar-refractivity contribution in [1.82, 2.24) is 0 Å². The lowest BCUT2D eigenvalue weighted by Crippen LogP contribution is -2.53. The van der Waals surface area contributed by atoms with Gasteiger partial charge in [0.25, 0.3) is 0 Å². The standard InChI is InChI=1S/C24H14O3/c25-22-19-18-14-7-2-4-11-17(14)24(21(19)23(26)27-22)16-10-3-1-6-12(16)13-8-5-9-15(18)20(13)24/h1-11,18-19,21H/t18-,19-,21+,24+/m0/s1. The fourth-order valence-electron chi connectivity index (χ4n) is 6.43. The van der Waals surface area contributed by atoms with Gasteiger partial charge in [-0.05, 0) is 38.9 Å². The maximum absolute atomic E-state index is 13.0. The van der Waals surface area contributed by atoms with Gasteiger partial charge in [0.15, 0.2) is 0 Å². The van der Waals surface area contributed by atoms with Crippen molar-refractivity contribution in [2.24, 2.45) is 11.8 Å². The van der Waals surface area contributed by atoms with Crippen LogP contribution in [0.4, 0.5) is 0 Å². The van der Waals surface area contributed by atoms with E-state index in [0.717, 1.165) is 22.3 Å². The third-order valence-electron chi connectivity index (χ3n) is 7.10. The SMILES string of the molecule is O=C1OC(=O)[C@H]2[C@@H]1[C@H]1c3ccccc3[C@@]23c2ccccc2-c2cccc1c23. The molecule has 3 aromatic carbocycles. The summed E-state index contributed by atoms with van der Waals surface area (Å²) < 4.78 is 5.24. The Morgan fingerprint density at radius 3 is 2.30 bits per heavy atom. The van der Waals surface area contributed by atoms with E-state index >= 15 is 0 Å². The molecular formula is C24H14O3. The highest BCUT2D eigenvalue weighted by Crippen LogP contribution is 2.70. The molecule has 0 N–H and O–H groups in total. The molecule has 4 atom stereocenters. The van der Waals surface area contributed by atoms with Gasteiger partial charge in [0, 0.05) is 5.92 Å². The zero-order valence-corrected chi connectivity index (χ0v) is 14.3. The Labute approximate surface area is 155 Å². The first kappa shape index (κ1) is 13.9. The summed E-state index contributed by atoms with van der Waals surface area (Å²) in [7, 11) is 0. The van der Waals surface area contributed by atoms with Crippen LogP contribution in [0.2, 0.25) is 0 Å². The van der Waals surface area contributed by atoms with Crippen molar-refractivity contribution < 1.29 is 14.3 Å². The lowest BCUT2D eigenvalue weighted by atomic mass is 9.47. The zero-order valence-electron chi connectivity index (χ0n) is 14.3. The average Bonchev–Trinajstić information content (AvgIpc) is 3.18. The summed E-state index contributed by atoms with van der Waals surface area (Å²) in [5.41, 5.74) is 7.56. The third-order valence-corrected chi connectivity index (χ3v) is 7.10. The van der Waals surface area contributed by atoms with Gasteiger partial charge in [0.05, 0.1) is 17.3 Å². The highest BCUT2D eigenvalue weighted by atomic mass is 16.6. The molecule has 5 aliphatic rings. The highest BCUT2D eigenvalue weighted by Gasteiger charge is 2.70. The second-order valence-electron chi connectivity index (χ2n) is 7.93. The minimum Gasteiger partial charge on any atom is -0.393 e. The van der Waals surface area contributed by atoms with Gasteiger partial charge in [-0.3, -0.25) is 9.59 Å². The Balaban J connectivity index is 1.77. The summed E-state index contributed by atoms with van der Waals surface area (Å²) >= 11 is 0. The van der Waals surface area contributed by atoms with Crippen molar-refractivity contribution in [3.05, 3.63) is 94.5 Å². The molecule has 1 heterocycles. The second-order valence-corrected chi connectivity index (χ2v) is 7.93. The average molecular weight is 350 g/mol. The molecule has 0 aromatic heterocycles. The van der Waals surface area contributed by atoms with E-state index in [-0.39, 0.29) is 17.9 Å². The van der Waals surface area contributed by atoms with Gasteiger partial charge >= 0.3 is 11.9 Å². The molecule has 3 nitrogen and oxygen atoms in total. The molecule has 1 aliphatic heterocycles. The summed E-state index contributed by atoms with van der Waals surface area (Å²) in [5, 5.41) is 0. The van der Waals surface area contributed by atoms with Gasteiger partial charge < -0.3 is 4.74 Å². The molecule has 0 unspecified atom stereocenters. The molecule has 4 aliphatic carbocycles. The first-order chi connectivity index (χ1) is 13.2. The van der Waals surface area contributed by atoms with Crippen molar-refractivity contribution >= 4 is 11.9 Å². The molecule has 128 valence electrons. The number of benzene rings is 3. The van der Waals surface area contributed by atoms with Crippen LogP contribution in [-0.4, -0.2) is 11.9 Å². The summed E-state index contributed by atoms with van der Waals surface area (Å²) in [5.74, 6) is -1.79. The molecule has 1 spiro atoms. The molecule has 27 heavy (non-hydrogen) atoms. The van der Waals surface area contributed by atoms with Gasteiger partial charge in [0.2, 0.25) is 0 Å². The Morgan fingerprint density at radius 1 is 0.704 bits per heavy atom. The van der Waals surface area contributed by atoms with E-state index in [1.165, 1.54) is 16.7 Å². The maximum atomic E-state index is 13.0. The molecule has 1 saturated heterocycles. The van der Waals surface area contributed by atoms with E-state index in [4.69, 9.17) is 4.74 Å². The summed E-state index contributed by atoms with van der Waals surface area (Å²) in [6.45, 7) is 0. The Morgan fingerprint density at radius 2 is 1.41 bits per heavy atom. The number of esters is 2. The molecule has 3 aromatic rings. The van der Waals surface area contributed by atoms with Crippen LogP contribution in [0.3, 0.4) is 0 Å². The van der Waals surface area contributed by atoms with Crippen LogP contribution in [0.5, 0.6) is 0 Å². The number of cyclic esters (lactones) is 2. The monoisotopic (exact) mass is 350 g/mol. The van der Waals surface area contributed by atoms with Crippen LogP contribution < -0.4 is 0 Å². The van der Waals surface area contributed by atoms with Crippen molar-refractivity contribution in [1.29, 1.82) is 0 Å². The topological polar surface area (TPSA) is 43.4 Å². The minimum atomic E-state index is -0.623. The molecule has 1 fully saturated rings. The van der Waals surface area contributed by atoms with Crippen LogP contribution in [0, 0.1) is 11.8 Å². The number of hydrogen-bond acceptors (Lipinski definition) is 3. The van der Waals surface area contributed by atoms with Crippen LogP contribution in [0.25, 0.3) is 11.1 Å². The number of carbonyl (C=O) groups excluding carboxylic acids is 2. The molecule has 0 radical (unpaired) electrons. The van der Waals surface area contributed by atoms with Gasteiger partial charge in [-0.2, -0.15) is 0 Å². The fraction of sp³-hybridized carbons (Fsp3) is 0.167. The van der Waals surface area contributed by atoms with Crippen LogP contribution in [-0.2, 0) is 19.7 Å². The van der Waals surface area contributed by atoms with Gasteiger partial charge in [-0.15, -0.1) is 0 Å². The van der Waals surface area contributed by atoms with E-state index in [1.54, 1.807) is 0 Å². The maximum Gasteiger partial charge on any atom is 0.319 e. The number of ether oxygens (including phenoxy) is 1. The first-order valence-electron chi connectivity index (χ1n) is 9.33. The predicted octanol–water partition coefficient (Wildman–Crippen LogP) is 3.78. The van der Waals surface area contributed by atoms with Crippen molar-refractivity contribution in [2.45, 2.75) is 11.3 Å². The van der Waals surface area contributed by atoms with E-state index in [9.17, 15) is 9.59 Å². The largest absolute Gasteiger partial charge is 0.393 e. The smallest absolute Gasteiger partial charge is 0.319 e. The predicted molar refractivity (Wildman–Crippen MR) is 98.1 cm³/mol. The van der Waals surface area contributed by atoms with Gasteiger partial charge in [-0.1, -0.05) is 66.7 Å². The normalized spacial score (nSPS) is 30.4. The van der Waals surface area contributed by atoms with Crippen molar-refractivity contribution in [3.8, 4) is 11.1 Å². The summed E-state index contributed by atoms with van der Waals surface area (Å²) in [6.07, 6.45) is 0. The quantitative estimate of drug-likeness (QED) is 0.458. The molecule has 0 amide bonds. The van der Waals surface area contributed by atoms with Crippen LogP contribution >= 0.6 is 0 Å². The van der Waals surface area contributed by atoms with Gasteiger partial charge in [0.1, 0.15) is 0 Å². The number of fused-ring (bicyclic) bond motifs is 2. The Hall–Kier alpha value is -3.20. The minimum absolute atomic E-state index is 0.115. The molecule has 0 saturated carbocycles. The lowest BCUT2D eigenvalue weighted by molar-refractivity contribution is -0.154. The summed E-state index contributed by atoms with van der Waals surface area (Å²) in [6, 6.07) is 23.0. The molecule has 2 bridgehead atoms. The molecule has 3 heteroatoms. The number of rotatable bonds is 0. The van der Waals surface area contributed by atoms with Gasteiger partial charge in [-0.25, -0.2) is 0 Å². The van der Waals surface area contributed by atoms with E-state index in [2.05, 4.69) is 42.5 Å². The number of hydrogen-bond donors (Lipinski definition) is 0. The Bertz CT molecular complexity index is 1220. The summed E-state index contributed by atoms with van der Waals surface area (Å²) in [4.78, 5) is 25.8. The first-order valence-corrected chi connectivity index (χ1v) is 9.33. The van der Waals surface area contributed by atoms with Crippen LogP contribution in [0.15, 0.2) is 66.7 Å². The highest BCUT2D eigenvalue weighted by molar-refractivity contribution is 6.04. The van der Waals surface area contributed by atoms with E-state index in [1.807, 2.05) is 24.3 Å². The van der Waals surface area contributed by atoms with E-state index < -0.39 is 17.3 Å². The van der Waals surface area contributed by atoms with Crippen molar-refractivity contribution in [3.63, 3.8) is 0 Å².